The van der Waals surface area contributed by atoms with E-state index in [1.165, 1.54) is 19.2 Å². The summed E-state index contributed by atoms with van der Waals surface area (Å²) >= 11 is 0. The molecule has 0 radical (unpaired) electrons. The Balaban J connectivity index is 2.53. The molecule has 0 aliphatic rings. The fraction of sp³-hybridized carbons (Fsp3) is 0.533. The van der Waals surface area contributed by atoms with E-state index in [0.29, 0.717) is 31.7 Å². The van der Waals surface area contributed by atoms with Crippen molar-refractivity contribution in [3.63, 3.8) is 0 Å². The summed E-state index contributed by atoms with van der Waals surface area (Å²) in [6, 6.07) is 4.32. The molecule has 0 saturated heterocycles. The Kier molecular flexibility index (Phi) is 6.74. The molecule has 0 amide bonds. The number of hydrogen-bond acceptors (Lipinski definition) is 5. The van der Waals surface area contributed by atoms with Crippen molar-refractivity contribution >= 4 is 5.97 Å². The second-order valence-electron chi connectivity index (χ2n) is 5.15. The molecule has 1 unspecified atom stereocenters. The number of carbonyl (C=O) groups is 1. The number of nitrogens with one attached hydrogen (secondary N) is 1. The van der Waals surface area contributed by atoms with Crippen molar-refractivity contribution in [1.29, 1.82) is 0 Å². The average Bonchev–Trinajstić information content (AvgIpc) is 2.44. The van der Waals surface area contributed by atoms with Crippen LogP contribution in [0.15, 0.2) is 18.2 Å². The molecule has 0 aliphatic heterocycles. The Labute approximate surface area is 124 Å². The molecule has 2 N–H and O–H groups in total. The first-order valence-electron chi connectivity index (χ1n) is 6.68. The Bertz CT molecular complexity index is 477. The van der Waals surface area contributed by atoms with E-state index in [1.54, 1.807) is 20.1 Å². The molecular weight excluding hydrogens is 277 g/mol. The monoisotopic (exact) mass is 299 g/mol. The largest absolute Gasteiger partial charge is 0.465 e. The van der Waals surface area contributed by atoms with Gasteiger partial charge in [-0.15, -0.1) is 0 Å². The highest BCUT2D eigenvalue weighted by atomic mass is 19.1. The van der Waals surface area contributed by atoms with Gasteiger partial charge in [0, 0.05) is 33.2 Å². The summed E-state index contributed by atoms with van der Waals surface area (Å²) in [5, 5.41) is 13.1. The van der Waals surface area contributed by atoms with E-state index in [9.17, 15) is 14.3 Å². The summed E-state index contributed by atoms with van der Waals surface area (Å²) in [4.78, 5) is 11.3. The van der Waals surface area contributed by atoms with Crippen LogP contribution in [-0.4, -0.2) is 44.0 Å². The van der Waals surface area contributed by atoms with Crippen molar-refractivity contribution in [2.24, 2.45) is 0 Å². The molecule has 6 heteroatoms. The third kappa shape index (κ3) is 5.79. The van der Waals surface area contributed by atoms with Gasteiger partial charge in [0.25, 0.3) is 0 Å². The van der Waals surface area contributed by atoms with Crippen LogP contribution >= 0.6 is 0 Å². The molecule has 5 nitrogen and oxygen atoms in total. The smallest absolute Gasteiger partial charge is 0.340 e. The predicted octanol–water partition coefficient (Wildman–Crippen LogP) is 1.49. The molecule has 0 heterocycles. The maximum Gasteiger partial charge on any atom is 0.340 e. The van der Waals surface area contributed by atoms with Crippen molar-refractivity contribution < 1.29 is 23.8 Å². The maximum absolute atomic E-state index is 13.7. The molecule has 21 heavy (non-hydrogen) atoms. The third-order valence-electron chi connectivity index (χ3n) is 3.12. The zero-order chi connectivity index (χ0) is 15.9. The molecule has 118 valence electrons. The lowest BCUT2D eigenvalue weighted by Crippen LogP contribution is -2.38. The number of aliphatic hydroxyl groups is 1. The highest BCUT2D eigenvalue weighted by molar-refractivity contribution is 5.89. The first kappa shape index (κ1) is 17.6. The fourth-order valence-corrected chi connectivity index (χ4v) is 1.83. The van der Waals surface area contributed by atoms with Crippen LogP contribution in [0.4, 0.5) is 4.39 Å². The average molecular weight is 299 g/mol. The molecule has 0 aliphatic carbocycles. The normalized spacial score (nSPS) is 13.8. The maximum atomic E-state index is 13.7. The van der Waals surface area contributed by atoms with Crippen molar-refractivity contribution in [2.45, 2.75) is 25.5 Å². The van der Waals surface area contributed by atoms with Crippen LogP contribution in [0.25, 0.3) is 0 Å². The highest BCUT2D eigenvalue weighted by Crippen LogP contribution is 2.12. The molecule has 1 aromatic carbocycles. The summed E-state index contributed by atoms with van der Waals surface area (Å²) < 4.78 is 23.1. The summed E-state index contributed by atoms with van der Waals surface area (Å²) in [7, 11) is 2.79. The minimum Gasteiger partial charge on any atom is -0.465 e. The number of halogens is 1. The minimum atomic E-state index is -0.888. The van der Waals surface area contributed by atoms with Gasteiger partial charge in [0.15, 0.2) is 0 Å². The van der Waals surface area contributed by atoms with Gasteiger partial charge in [-0.2, -0.15) is 0 Å². The van der Waals surface area contributed by atoms with Crippen LogP contribution < -0.4 is 5.32 Å². The van der Waals surface area contributed by atoms with Gasteiger partial charge < -0.3 is 19.9 Å². The number of esters is 1. The molecule has 0 spiro atoms. The Morgan fingerprint density at radius 2 is 2.14 bits per heavy atom. The molecule has 0 saturated carbocycles. The van der Waals surface area contributed by atoms with Gasteiger partial charge in [0.1, 0.15) is 5.82 Å². The first-order chi connectivity index (χ1) is 9.89. The number of carbonyl (C=O) groups excluding carboxylic acids is 1. The summed E-state index contributed by atoms with van der Waals surface area (Å²) in [5.74, 6) is -1.32. The number of ether oxygens (including phenoxy) is 2. The third-order valence-corrected chi connectivity index (χ3v) is 3.12. The quantitative estimate of drug-likeness (QED) is 0.712. The lowest BCUT2D eigenvalue weighted by Gasteiger charge is -2.23. The molecular formula is C15H22FNO4. The predicted molar refractivity (Wildman–Crippen MR) is 76.6 cm³/mol. The van der Waals surface area contributed by atoms with Gasteiger partial charge in [-0.25, -0.2) is 9.18 Å². The van der Waals surface area contributed by atoms with Gasteiger partial charge in [0.05, 0.1) is 18.3 Å². The van der Waals surface area contributed by atoms with Crippen LogP contribution in [0, 0.1) is 5.82 Å². The zero-order valence-corrected chi connectivity index (χ0v) is 12.6. The van der Waals surface area contributed by atoms with E-state index in [4.69, 9.17) is 4.74 Å². The van der Waals surface area contributed by atoms with Gasteiger partial charge in [-0.05, 0) is 24.6 Å². The van der Waals surface area contributed by atoms with Crippen molar-refractivity contribution in [3.8, 4) is 0 Å². The Hall–Kier alpha value is -1.50. The van der Waals surface area contributed by atoms with E-state index in [2.05, 4.69) is 10.1 Å². The van der Waals surface area contributed by atoms with E-state index in [1.807, 2.05) is 0 Å². The lowest BCUT2D eigenvalue weighted by atomic mass is 10.0. The van der Waals surface area contributed by atoms with E-state index >= 15 is 0 Å². The SMILES string of the molecule is COCCC(C)(O)CNCc1ccc(C(=O)OC)c(F)c1. The number of benzene rings is 1. The topological polar surface area (TPSA) is 67.8 Å². The van der Waals surface area contributed by atoms with E-state index in [0.717, 1.165) is 0 Å². The van der Waals surface area contributed by atoms with Crippen LogP contribution in [0.1, 0.15) is 29.3 Å². The summed E-state index contributed by atoms with van der Waals surface area (Å²) in [5.41, 5.74) is -0.295. The Morgan fingerprint density at radius 1 is 1.43 bits per heavy atom. The fourth-order valence-electron chi connectivity index (χ4n) is 1.83. The molecule has 1 aromatic rings. The second kappa shape index (κ2) is 8.07. The summed E-state index contributed by atoms with van der Waals surface area (Å²) in [6.07, 6.45) is 0.506. The van der Waals surface area contributed by atoms with Gasteiger partial charge in [-0.1, -0.05) is 6.07 Å². The van der Waals surface area contributed by atoms with E-state index in [-0.39, 0.29) is 5.56 Å². The molecule has 1 atom stereocenters. The number of methoxy groups -OCH3 is 2. The van der Waals surface area contributed by atoms with Crippen LogP contribution in [0.5, 0.6) is 0 Å². The molecule has 0 bridgehead atoms. The lowest BCUT2D eigenvalue weighted by molar-refractivity contribution is 0.0247. The van der Waals surface area contributed by atoms with Crippen LogP contribution in [-0.2, 0) is 16.0 Å². The number of hydrogen-bond donors (Lipinski definition) is 2. The molecule has 0 fully saturated rings. The molecule has 1 rings (SSSR count). The first-order valence-corrected chi connectivity index (χ1v) is 6.68. The van der Waals surface area contributed by atoms with E-state index < -0.39 is 17.4 Å². The minimum absolute atomic E-state index is 0.0895. The van der Waals surface area contributed by atoms with Crippen LogP contribution in [0.2, 0.25) is 0 Å². The Morgan fingerprint density at radius 3 is 2.71 bits per heavy atom. The summed E-state index contributed by atoms with van der Waals surface area (Å²) in [6.45, 7) is 2.93. The van der Waals surface area contributed by atoms with Crippen molar-refractivity contribution in [1.82, 2.24) is 5.32 Å². The van der Waals surface area contributed by atoms with Gasteiger partial charge in [0.2, 0.25) is 0 Å². The highest BCUT2D eigenvalue weighted by Gasteiger charge is 2.19. The molecule has 0 aromatic heterocycles. The standard InChI is InChI=1S/C15H22FNO4/c1-15(19,6-7-20-2)10-17-9-11-4-5-12(13(16)8-11)14(18)21-3/h4-5,8,17,19H,6-7,9-10H2,1-3H3. The second-order valence-corrected chi connectivity index (χ2v) is 5.15. The van der Waals surface area contributed by atoms with Crippen LogP contribution in [0.3, 0.4) is 0 Å². The number of rotatable bonds is 8. The van der Waals surface area contributed by atoms with Crippen molar-refractivity contribution in [3.05, 3.63) is 35.1 Å². The van der Waals surface area contributed by atoms with Gasteiger partial charge >= 0.3 is 5.97 Å². The zero-order valence-electron chi connectivity index (χ0n) is 12.6. The van der Waals surface area contributed by atoms with Gasteiger partial charge in [-0.3, -0.25) is 0 Å². The van der Waals surface area contributed by atoms with Crippen molar-refractivity contribution in [2.75, 3.05) is 27.4 Å².